The number of para-hydroxylation sites is 1. The van der Waals surface area contributed by atoms with E-state index in [2.05, 4.69) is 15.5 Å². The highest BCUT2D eigenvalue weighted by atomic mass is 32.2. The van der Waals surface area contributed by atoms with Gasteiger partial charge in [0.2, 0.25) is 9.84 Å². The fourth-order valence-electron chi connectivity index (χ4n) is 1.66. The molecular formula is C14H18N4O4S. The lowest BCUT2D eigenvalue weighted by Crippen LogP contribution is -2.26. The van der Waals surface area contributed by atoms with Crippen molar-refractivity contribution in [3.05, 3.63) is 30.3 Å². The van der Waals surface area contributed by atoms with Crippen molar-refractivity contribution >= 4 is 15.8 Å². The van der Waals surface area contributed by atoms with Crippen molar-refractivity contribution in [3.63, 3.8) is 0 Å². The van der Waals surface area contributed by atoms with Gasteiger partial charge in [0.1, 0.15) is 6.61 Å². The molecule has 0 N–H and O–H groups in total. The third-order valence-corrected chi connectivity index (χ3v) is 4.43. The van der Waals surface area contributed by atoms with Gasteiger partial charge in [-0.3, -0.25) is 4.79 Å². The molecule has 0 radical (unpaired) electrons. The Balaban J connectivity index is 2.13. The quantitative estimate of drug-likeness (QED) is 0.750. The fourth-order valence-corrected chi connectivity index (χ4v) is 2.71. The number of hydrogen-bond acceptors (Lipinski definition) is 7. The van der Waals surface area contributed by atoms with Gasteiger partial charge in [0, 0.05) is 0 Å². The molecule has 0 aliphatic carbocycles. The van der Waals surface area contributed by atoms with Gasteiger partial charge in [0.25, 0.3) is 5.16 Å². The third-order valence-electron chi connectivity index (χ3n) is 2.92. The molecule has 9 heteroatoms. The van der Waals surface area contributed by atoms with E-state index in [1.54, 1.807) is 51.1 Å². The normalized spacial score (nSPS) is 12.1. The Bertz CT molecular complexity index is 779. The Labute approximate surface area is 134 Å². The molecule has 0 bridgehead atoms. The zero-order chi connectivity index (χ0) is 17.1. The van der Waals surface area contributed by atoms with Crippen LogP contribution in [0, 0.1) is 5.41 Å². The first-order chi connectivity index (χ1) is 10.7. The molecule has 0 spiro atoms. The van der Waals surface area contributed by atoms with E-state index in [0.717, 1.165) is 4.68 Å². The van der Waals surface area contributed by atoms with Gasteiger partial charge in [-0.2, -0.15) is 4.68 Å². The van der Waals surface area contributed by atoms with E-state index >= 15 is 0 Å². The van der Waals surface area contributed by atoms with E-state index in [4.69, 9.17) is 4.74 Å². The second-order valence-electron chi connectivity index (χ2n) is 5.91. The fraction of sp³-hybridized carbons (Fsp3) is 0.429. The van der Waals surface area contributed by atoms with E-state index in [9.17, 15) is 13.2 Å². The minimum absolute atomic E-state index is 0.250. The maximum atomic E-state index is 12.4. The highest BCUT2D eigenvalue weighted by molar-refractivity contribution is 7.91. The molecule has 1 heterocycles. The molecule has 2 rings (SSSR count). The minimum atomic E-state index is -3.79. The number of tetrazole rings is 1. The molecule has 0 saturated heterocycles. The van der Waals surface area contributed by atoms with Crippen LogP contribution in [-0.4, -0.2) is 47.0 Å². The van der Waals surface area contributed by atoms with Gasteiger partial charge in [-0.25, -0.2) is 8.42 Å². The Kier molecular flexibility index (Phi) is 4.79. The Hall–Kier alpha value is -2.29. The summed E-state index contributed by atoms with van der Waals surface area (Å²) < 4.78 is 30.9. The molecule has 1 aromatic heterocycles. The predicted octanol–water partition coefficient (Wildman–Crippen LogP) is 1.03. The summed E-state index contributed by atoms with van der Waals surface area (Å²) in [5, 5.41) is 10.4. The van der Waals surface area contributed by atoms with Gasteiger partial charge in [0.05, 0.1) is 16.9 Å². The predicted molar refractivity (Wildman–Crippen MR) is 81.6 cm³/mol. The Morgan fingerprint density at radius 1 is 1.22 bits per heavy atom. The van der Waals surface area contributed by atoms with Crippen LogP contribution < -0.4 is 0 Å². The molecule has 8 nitrogen and oxygen atoms in total. The first-order valence-electron chi connectivity index (χ1n) is 6.95. The molecular weight excluding hydrogens is 320 g/mol. The van der Waals surface area contributed by atoms with Crippen LogP contribution in [0.2, 0.25) is 0 Å². The van der Waals surface area contributed by atoms with Gasteiger partial charge in [-0.15, -0.1) is 0 Å². The Morgan fingerprint density at radius 2 is 1.87 bits per heavy atom. The maximum absolute atomic E-state index is 12.4. The number of carbonyl (C=O) groups excluding carboxylic acids is 1. The minimum Gasteiger partial charge on any atom is -0.464 e. The van der Waals surface area contributed by atoms with Crippen molar-refractivity contribution in [2.24, 2.45) is 5.41 Å². The van der Waals surface area contributed by atoms with E-state index in [-0.39, 0.29) is 17.5 Å². The van der Waals surface area contributed by atoms with E-state index in [1.165, 1.54) is 0 Å². The summed E-state index contributed by atoms with van der Waals surface area (Å²) >= 11 is 0. The second-order valence-corrected chi connectivity index (χ2v) is 7.92. The molecule has 0 amide bonds. The summed E-state index contributed by atoms with van der Waals surface area (Å²) in [7, 11) is -3.79. The summed E-state index contributed by atoms with van der Waals surface area (Å²) in [6.45, 7) is 4.83. The average Bonchev–Trinajstić information content (AvgIpc) is 2.97. The van der Waals surface area contributed by atoms with Crippen molar-refractivity contribution in [2.75, 3.05) is 12.4 Å². The summed E-state index contributed by atoms with van der Waals surface area (Å²) in [6.07, 6.45) is 0. The molecule has 0 saturated carbocycles. The zero-order valence-electron chi connectivity index (χ0n) is 13.1. The molecule has 0 unspecified atom stereocenters. The van der Waals surface area contributed by atoms with Crippen LogP contribution in [0.1, 0.15) is 20.8 Å². The summed E-state index contributed by atoms with van der Waals surface area (Å²) in [5.74, 6) is -0.850. The Morgan fingerprint density at radius 3 is 2.48 bits per heavy atom. The number of benzene rings is 1. The lowest BCUT2D eigenvalue weighted by atomic mass is 9.97. The molecule has 0 aliphatic heterocycles. The number of esters is 1. The summed E-state index contributed by atoms with van der Waals surface area (Å²) in [6, 6.07) is 8.68. The van der Waals surface area contributed by atoms with Crippen LogP contribution in [0.3, 0.4) is 0 Å². The zero-order valence-corrected chi connectivity index (χ0v) is 13.9. The van der Waals surface area contributed by atoms with Gasteiger partial charge in [-0.05, 0) is 43.3 Å². The van der Waals surface area contributed by atoms with Crippen LogP contribution in [-0.2, 0) is 19.4 Å². The van der Waals surface area contributed by atoms with Crippen LogP contribution >= 0.6 is 0 Å². The van der Waals surface area contributed by atoms with Crippen LogP contribution in [0.25, 0.3) is 5.69 Å². The number of hydrogen-bond donors (Lipinski definition) is 0. The van der Waals surface area contributed by atoms with Crippen LogP contribution in [0.4, 0.5) is 0 Å². The smallest absolute Gasteiger partial charge is 0.311 e. The monoisotopic (exact) mass is 338 g/mol. The second kappa shape index (κ2) is 6.45. The number of carbonyl (C=O) groups is 1. The summed E-state index contributed by atoms with van der Waals surface area (Å²) in [4.78, 5) is 11.7. The van der Waals surface area contributed by atoms with Crippen molar-refractivity contribution in [1.29, 1.82) is 0 Å². The molecule has 124 valence electrons. The maximum Gasteiger partial charge on any atom is 0.311 e. The van der Waals surface area contributed by atoms with Crippen LogP contribution in [0.15, 0.2) is 35.5 Å². The lowest BCUT2D eigenvalue weighted by Gasteiger charge is -2.16. The number of ether oxygens (including phenoxy) is 1. The standard InChI is InChI=1S/C14H18N4O4S/c1-14(2,3)12(19)22-9-10-23(20,21)13-15-16-17-18(13)11-7-5-4-6-8-11/h4-8H,9-10H2,1-3H3. The average molecular weight is 338 g/mol. The SMILES string of the molecule is CC(C)(C)C(=O)OCCS(=O)(=O)c1nnnn1-c1ccccc1. The van der Waals surface area contributed by atoms with E-state index in [1.807, 2.05) is 0 Å². The summed E-state index contributed by atoms with van der Waals surface area (Å²) in [5.41, 5.74) is -0.155. The van der Waals surface area contributed by atoms with Gasteiger partial charge >= 0.3 is 5.97 Å². The topological polar surface area (TPSA) is 104 Å². The third kappa shape index (κ3) is 4.13. The lowest BCUT2D eigenvalue weighted by molar-refractivity contribution is -0.152. The number of aromatic nitrogens is 4. The van der Waals surface area contributed by atoms with Crippen molar-refractivity contribution in [1.82, 2.24) is 20.2 Å². The first-order valence-corrected chi connectivity index (χ1v) is 8.61. The van der Waals surface area contributed by atoms with Crippen LogP contribution in [0.5, 0.6) is 0 Å². The van der Waals surface area contributed by atoms with Crippen molar-refractivity contribution < 1.29 is 17.9 Å². The van der Waals surface area contributed by atoms with Gasteiger partial charge < -0.3 is 4.74 Å². The molecule has 1 aromatic carbocycles. The highest BCUT2D eigenvalue weighted by Gasteiger charge is 2.27. The first kappa shape index (κ1) is 17.1. The number of nitrogens with zero attached hydrogens (tertiary/aromatic N) is 4. The van der Waals surface area contributed by atoms with Gasteiger partial charge in [0.15, 0.2) is 0 Å². The van der Waals surface area contributed by atoms with Crippen molar-refractivity contribution in [2.45, 2.75) is 25.9 Å². The molecule has 0 atom stereocenters. The molecule has 23 heavy (non-hydrogen) atoms. The molecule has 0 aliphatic rings. The number of rotatable bonds is 5. The van der Waals surface area contributed by atoms with E-state index in [0.29, 0.717) is 5.69 Å². The van der Waals surface area contributed by atoms with Gasteiger partial charge in [-0.1, -0.05) is 23.3 Å². The largest absolute Gasteiger partial charge is 0.464 e. The van der Waals surface area contributed by atoms with Crippen molar-refractivity contribution in [3.8, 4) is 5.69 Å². The van der Waals surface area contributed by atoms with E-state index < -0.39 is 21.2 Å². The highest BCUT2D eigenvalue weighted by Crippen LogP contribution is 2.16. The number of sulfone groups is 1. The molecule has 2 aromatic rings. The molecule has 0 fully saturated rings.